The van der Waals surface area contributed by atoms with Gasteiger partial charge in [0.25, 0.3) is 11.8 Å². The van der Waals surface area contributed by atoms with Gasteiger partial charge < -0.3 is 28.4 Å². The Morgan fingerprint density at radius 3 is 1.35 bits per heavy atom. The summed E-state index contributed by atoms with van der Waals surface area (Å²) in [5.41, 5.74) is 0.361. The Kier molecular flexibility index (Phi) is 19.7. The molecule has 0 aliphatic carbocycles. The number of carbonyl (C=O) groups is 6. The molecule has 16 nitrogen and oxygen atoms in total. The number of fused-ring (bicyclic) bond motifs is 2. The quantitative estimate of drug-likeness (QED) is 0.0247. The number of amides is 2. The molecule has 3 heterocycles. The van der Waals surface area contributed by atoms with Crippen LogP contribution >= 0.6 is 47.0 Å². The normalized spacial score (nSPS) is 13.9. The zero-order chi connectivity index (χ0) is 45.3. The van der Waals surface area contributed by atoms with E-state index >= 15 is 0 Å². The smallest absolute Gasteiger partial charge is 0.333 e. The summed E-state index contributed by atoms with van der Waals surface area (Å²) >= 11 is 4.65. The number of allylic oxidation sites excluding steroid dienone is 1. The van der Waals surface area contributed by atoms with Crippen LogP contribution in [0, 0.1) is 22.7 Å². The number of nitrogens with zero attached hydrogens (tertiary/aromatic N) is 4. The molecule has 332 valence electrons. The standard InChI is InChI=1S/C42H48N4O12S4/c1-7-9-15-45-37(49)30(38(50)46(45)16-10-8-2)42-61-35-31(55-17-11-13-28(47)53-19-21-57-39(51)25(3)4)33-34(60-41(59-33)27(23-43)24-44)32(36(35)62-42)56-18-12-14-29(48)54-20-22-58-40(52)26(5)6/h3,5,7-22H2,1-2,4,6H3. The van der Waals surface area contributed by atoms with Crippen LogP contribution in [-0.4, -0.2) is 98.4 Å². The first-order chi connectivity index (χ1) is 29.8. The third kappa shape index (κ3) is 13.0. The maximum absolute atomic E-state index is 14.0. The Bertz CT molecular complexity index is 1980. The summed E-state index contributed by atoms with van der Waals surface area (Å²) in [5.74, 6) is -2.33. The Balaban J connectivity index is 1.63. The van der Waals surface area contributed by atoms with E-state index in [0.29, 0.717) is 65.5 Å². The van der Waals surface area contributed by atoms with E-state index in [4.69, 9.17) is 28.4 Å². The molecule has 0 saturated carbocycles. The molecule has 4 rings (SSSR count). The number of ether oxygens (including phenoxy) is 6. The first-order valence-corrected chi connectivity index (χ1v) is 23.1. The zero-order valence-electron chi connectivity index (χ0n) is 35.0. The molecule has 1 aromatic carbocycles. The van der Waals surface area contributed by atoms with Crippen LogP contribution in [0.1, 0.15) is 79.1 Å². The fourth-order valence-electron chi connectivity index (χ4n) is 5.54. The highest BCUT2D eigenvalue weighted by Gasteiger charge is 2.46. The molecular formula is C42H48N4O12S4. The molecular weight excluding hydrogens is 881 g/mol. The fraction of sp³-hybridized carbons (Fsp3) is 0.476. The topological polar surface area (TPSA) is 212 Å². The Labute approximate surface area is 377 Å². The van der Waals surface area contributed by atoms with Crippen LogP contribution in [0.4, 0.5) is 0 Å². The molecule has 0 aromatic heterocycles. The molecule has 62 heavy (non-hydrogen) atoms. The van der Waals surface area contributed by atoms with Gasteiger partial charge in [0.1, 0.15) is 61.2 Å². The van der Waals surface area contributed by atoms with E-state index in [0.717, 1.165) is 36.4 Å². The summed E-state index contributed by atoms with van der Waals surface area (Å²) in [5, 5.41) is 22.6. The summed E-state index contributed by atoms with van der Waals surface area (Å²) in [4.78, 5) is 78.4. The van der Waals surface area contributed by atoms with Gasteiger partial charge >= 0.3 is 23.9 Å². The predicted molar refractivity (Wildman–Crippen MR) is 231 cm³/mol. The number of rotatable bonds is 24. The van der Waals surface area contributed by atoms with Gasteiger partial charge in [-0.2, -0.15) is 10.5 Å². The first kappa shape index (κ1) is 49.6. The van der Waals surface area contributed by atoms with Crippen molar-refractivity contribution in [3.63, 3.8) is 0 Å². The minimum absolute atomic E-state index is 0.0243. The van der Waals surface area contributed by atoms with Gasteiger partial charge in [-0.15, -0.1) is 0 Å². The minimum Gasteiger partial charge on any atom is -0.491 e. The van der Waals surface area contributed by atoms with Crippen molar-refractivity contribution in [2.75, 3.05) is 52.7 Å². The lowest BCUT2D eigenvalue weighted by atomic mass is 10.3. The number of benzene rings is 1. The molecule has 0 bridgehead atoms. The molecule has 0 atom stereocenters. The highest BCUT2D eigenvalue weighted by atomic mass is 32.2. The van der Waals surface area contributed by atoms with Crippen molar-refractivity contribution in [3.8, 4) is 23.6 Å². The van der Waals surface area contributed by atoms with Crippen LogP contribution in [0.25, 0.3) is 0 Å². The number of carbonyl (C=O) groups excluding carboxylic acids is 6. The van der Waals surface area contributed by atoms with E-state index in [2.05, 4.69) is 13.2 Å². The third-order valence-corrected chi connectivity index (χ3v) is 13.9. The Morgan fingerprint density at radius 1 is 0.597 bits per heavy atom. The number of esters is 4. The molecule has 2 amide bonds. The van der Waals surface area contributed by atoms with Crippen LogP contribution in [-0.2, 0) is 47.7 Å². The number of thioether (sulfide) groups is 4. The van der Waals surface area contributed by atoms with Gasteiger partial charge in [0, 0.05) is 37.1 Å². The predicted octanol–water partition coefficient (Wildman–Crippen LogP) is 7.38. The maximum atomic E-state index is 14.0. The number of nitriles is 2. The van der Waals surface area contributed by atoms with E-state index < -0.39 is 35.7 Å². The average Bonchev–Trinajstić information content (AvgIpc) is 3.94. The number of hydrazine groups is 1. The second-order valence-electron chi connectivity index (χ2n) is 13.7. The van der Waals surface area contributed by atoms with Gasteiger partial charge in [-0.05, 0) is 39.5 Å². The monoisotopic (exact) mass is 928 g/mol. The summed E-state index contributed by atoms with van der Waals surface area (Å²) in [6.07, 6.45) is 3.46. The Hall–Kier alpha value is -5.02. The highest BCUT2D eigenvalue weighted by molar-refractivity contribution is 8.26. The molecule has 0 N–H and O–H groups in total. The molecule has 3 aliphatic rings. The largest absolute Gasteiger partial charge is 0.491 e. The van der Waals surface area contributed by atoms with Crippen molar-refractivity contribution < 1.29 is 57.2 Å². The highest BCUT2D eigenvalue weighted by Crippen LogP contribution is 2.68. The van der Waals surface area contributed by atoms with Crippen molar-refractivity contribution in [3.05, 3.63) is 43.9 Å². The third-order valence-electron chi connectivity index (χ3n) is 8.68. The lowest BCUT2D eigenvalue weighted by Crippen LogP contribution is -2.42. The lowest BCUT2D eigenvalue weighted by Gasteiger charge is -2.27. The molecule has 0 unspecified atom stereocenters. The molecule has 1 saturated heterocycles. The minimum atomic E-state index is -0.590. The SMILES string of the molecule is C=C(C)C(=O)OCCOC(=O)CCCOc1c2c(c(OCCCC(=O)OCCOC(=O)C(=C)C)c3c1SC(=C1C(=O)N(CCCC)N(CCCC)C1=O)S3)SC(=C(C#N)C#N)S2. The van der Waals surface area contributed by atoms with E-state index in [1.165, 1.54) is 47.4 Å². The number of hydrogen-bond acceptors (Lipinski definition) is 18. The first-order valence-electron chi connectivity index (χ1n) is 19.9. The summed E-state index contributed by atoms with van der Waals surface area (Å²) in [7, 11) is 0. The van der Waals surface area contributed by atoms with Crippen molar-refractivity contribution in [1.29, 1.82) is 10.5 Å². The van der Waals surface area contributed by atoms with Crippen LogP contribution < -0.4 is 9.47 Å². The van der Waals surface area contributed by atoms with Gasteiger partial charge in [0.05, 0.1) is 41.3 Å². The fourth-order valence-corrected chi connectivity index (χ4v) is 10.9. The molecule has 3 aliphatic heterocycles. The van der Waals surface area contributed by atoms with E-state index in [1.54, 1.807) is 0 Å². The van der Waals surface area contributed by atoms with E-state index in [9.17, 15) is 39.3 Å². The van der Waals surface area contributed by atoms with Crippen LogP contribution in [0.2, 0.25) is 0 Å². The van der Waals surface area contributed by atoms with Crippen LogP contribution in [0.5, 0.6) is 11.5 Å². The van der Waals surface area contributed by atoms with Crippen molar-refractivity contribution in [1.82, 2.24) is 10.0 Å². The summed E-state index contributed by atoms with van der Waals surface area (Å²) in [6.45, 7) is 14.4. The average molecular weight is 929 g/mol. The maximum Gasteiger partial charge on any atom is 0.333 e. The number of hydrogen-bond donors (Lipinski definition) is 0. The van der Waals surface area contributed by atoms with Gasteiger partial charge in [0.2, 0.25) is 0 Å². The summed E-state index contributed by atoms with van der Waals surface area (Å²) in [6, 6.07) is 3.87. The summed E-state index contributed by atoms with van der Waals surface area (Å²) < 4.78 is 33.9. The number of unbranched alkanes of at least 4 members (excludes halogenated alkanes) is 2. The van der Waals surface area contributed by atoms with Crippen LogP contribution in [0.15, 0.2) is 63.5 Å². The second kappa shape index (κ2) is 24.6. The Morgan fingerprint density at radius 2 is 0.984 bits per heavy atom. The molecule has 1 aromatic rings. The van der Waals surface area contributed by atoms with Gasteiger partial charge in [-0.1, -0.05) is 86.9 Å². The van der Waals surface area contributed by atoms with Crippen molar-refractivity contribution in [2.24, 2.45) is 0 Å². The van der Waals surface area contributed by atoms with Crippen molar-refractivity contribution >= 4 is 82.7 Å². The molecule has 20 heteroatoms. The van der Waals surface area contributed by atoms with Gasteiger partial charge in [-0.3, -0.25) is 19.2 Å². The zero-order valence-corrected chi connectivity index (χ0v) is 38.3. The lowest BCUT2D eigenvalue weighted by molar-refractivity contribution is -0.150. The second-order valence-corrected chi connectivity index (χ2v) is 18.3. The van der Waals surface area contributed by atoms with Gasteiger partial charge in [0.15, 0.2) is 0 Å². The van der Waals surface area contributed by atoms with E-state index in [-0.39, 0.29) is 87.6 Å². The molecule has 0 radical (unpaired) electrons. The van der Waals surface area contributed by atoms with Crippen LogP contribution in [0.3, 0.4) is 0 Å². The van der Waals surface area contributed by atoms with Gasteiger partial charge in [-0.25, -0.2) is 19.6 Å². The van der Waals surface area contributed by atoms with E-state index in [1.807, 2.05) is 26.0 Å². The molecule has 1 fully saturated rings. The molecule has 0 spiro atoms. The van der Waals surface area contributed by atoms with Crippen molar-refractivity contribution in [2.45, 2.75) is 98.6 Å².